The third-order valence-electron chi connectivity index (χ3n) is 2.74. The van der Waals surface area contributed by atoms with Crippen LogP contribution in [0.4, 0.5) is 0 Å². The molecular weight excluding hydrogens is 244 g/mol. The van der Waals surface area contributed by atoms with Crippen LogP contribution in [0.5, 0.6) is 0 Å². The lowest BCUT2D eigenvalue weighted by molar-refractivity contribution is 0.627. The molecule has 1 aromatic heterocycles. The molecule has 0 unspecified atom stereocenters. The van der Waals surface area contributed by atoms with E-state index < -0.39 is 0 Å². The Bertz CT molecular complexity index is 504. The van der Waals surface area contributed by atoms with Crippen LogP contribution >= 0.6 is 11.8 Å². The van der Waals surface area contributed by atoms with Crippen LogP contribution in [0.15, 0.2) is 29.4 Å². The summed E-state index contributed by atoms with van der Waals surface area (Å²) in [6.45, 7) is 5.43. The fourth-order valence-corrected chi connectivity index (χ4v) is 2.65. The predicted octanol–water partition coefficient (Wildman–Crippen LogP) is 2.15. The van der Waals surface area contributed by atoms with Crippen LogP contribution in [0.1, 0.15) is 17.0 Å². The zero-order valence-corrected chi connectivity index (χ0v) is 11.6. The van der Waals surface area contributed by atoms with Crippen molar-refractivity contribution in [1.29, 1.82) is 0 Å². The van der Waals surface area contributed by atoms with Crippen molar-refractivity contribution < 1.29 is 0 Å². The summed E-state index contributed by atoms with van der Waals surface area (Å²) in [4.78, 5) is 0. The van der Waals surface area contributed by atoms with Gasteiger partial charge in [-0.3, -0.25) is 0 Å². The number of aryl methyl sites for hydroxylation is 2. The van der Waals surface area contributed by atoms with Gasteiger partial charge in [0.05, 0.1) is 0 Å². The lowest BCUT2D eigenvalue weighted by atomic mass is 10.2. The summed E-state index contributed by atoms with van der Waals surface area (Å²) in [6, 6.07) is 8.56. The maximum absolute atomic E-state index is 5.60. The molecule has 1 heterocycles. The molecule has 0 fully saturated rings. The summed E-state index contributed by atoms with van der Waals surface area (Å²) >= 11 is 1.70. The summed E-state index contributed by atoms with van der Waals surface area (Å²) in [6.07, 6.45) is 0. The van der Waals surface area contributed by atoms with Crippen LogP contribution < -0.4 is 5.73 Å². The van der Waals surface area contributed by atoms with Gasteiger partial charge in [-0.05, 0) is 19.4 Å². The van der Waals surface area contributed by atoms with E-state index in [0.717, 1.165) is 23.3 Å². The maximum atomic E-state index is 5.60. The highest BCUT2D eigenvalue weighted by Gasteiger charge is 2.08. The normalized spacial score (nSPS) is 10.8. The van der Waals surface area contributed by atoms with E-state index >= 15 is 0 Å². The topological polar surface area (TPSA) is 56.7 Å². The Morgan fingerprint density at radius 3 is 2.56 bits per heavy atom. The van der Waals surface area contributed by atoms with Crippen LogP contribution in [0.25, 0.3) is 0 Å². The largest absolute Gasteiger partial charge is 0.329 e. The third kappa shape index (κ3) is 3.11. The van der Waals surface area contributed by atoms with Crippen molar-refractivity contribution >= 4 is 11.8 Å². The number of nitrogens with two attached hydrogens (primary N) is 1. The Hall–Kier alpha value is -1.33. The van der Waals surface area contributed by atoms with E-state index in [4.69, 9.17) is 5.73 Å². The quantitative estimate of drug-likeness (QED) is 0.839. The van der Waals surface area contributed by atoms with E-state index in [1.165, 1.54) is 11.1 Å². The van der Waals surface area contributed by atoms with E-state index in [9.17, 15) is 0 Å². The SMILES string of the molecule is Cc1ccc(CSc2nnc(C)n2CCN)cc1. The lowest BCUT2D eigenvalue weighted by Crippen LogP contribution is -2.12. The second-order valence-electron chi connectivity index (χ2n) is 4.24. The van der Waals surface area contributed by atoms with Crippen molar-refractivity contribution in [2.24, 2.45) is 5.73 Å². The third-order valence-corrected chi connectivity index (χ3v) is 3.78. The number of thioether (sulfide) groups is 1. The second-order valence-corrected chi connectivity index (χ2v) is 5.19. The van der Waals surface area contributed by atoms with Crippen molar-refractivity contribution in [2.75, 3.05) is 6.54 Å². The molecule has 96 valence electrons. The average molecular weight is 262 g/mol. The molecule has 4 nitrogen and oxygen atoms in total. The predicted molar refractivity (Wildman–Crippen MR) is 74.6 cm³/mol. The first-order valence-electron chi connectivity index (χ1n) is 5.99. The maximum Gasteiger partial charge on any atom is 0.191 e. The second kappa shape index (κ2) is 6.02. The zero-order chi connectivity index (χ0) is 13.0. The van der Waals surface area contributed by atoms with Crippen LogP contribution in [0.2, 0.25) is 0 Å². The number of rotatable bonds is 5. The van der Waals surface area contributed by atoms with Gasteiger partial charge in [0.15, 0.2) is 5.16 Å². The first kappa shape index (κ1) is 13.1. The van der Waals surface area contributed by atoms with Crippen molar-refractivity contribution in [3.05, 3.63) is 41.2 Å². The minimum atomic E-state index is 0.608. The van der Waals surface area contributed by atoms with Gasteiger partial charge in [-0.15, -0.1) is 10.2 Å². The van der Waals surface area contributed by atoms with Gasteiger partial charge in [0.1, 0.15) is 5.82 Å². The molecule has 0 aliphatic carbocycles. The van der Waals surface area contributed by atoms with E-state index in [1.54, 1.807) is 11.8 Å². The molecule has 0 saturated heterocycles. The molecule has 0 radical (unpaired) electrons. The number of aromatic nitrogens is 3. The minimum absolute atomic E-state index is 0.608. The van der Waals surface area contributed by atoms with E-state index in [0.29, 0.717) is 6.54 Å². The standard InChI is InChI=1S/C13H18N4S/c1-10-3-5-12(6-4-10)9-18-13-16-15-11(2)17(13)8-7-14/h3-6H,7-9,14H2,1-2H3. The fourth-order valence-electron chi connectivity index (χ4n) is 1.69. The van der Waals surface area contributed by atoms with Gasteiger partial charge in [0.25, 0.3) is 0 Å². The van der Waals surface area contributed by atoms with Gasteiger partial charge < -0.3 is 10.3 Å². The molecule has 18 heavy (non-hydrogen) atoms. The van der Waals surface area contributed by atoms with Crippen LogP contribution in [0.3, 0.4) is 0 Å². The molecular formula is C13H18N4S. The summed E-state index contributed by atoms with van der Waals surface area (Å²) < 4.78 is 2.07. The number of benzene rings is 1. The highest BCUT2D eigenvalue weighted by atomic mass is 32.2. The van der Waals surface area contributed by atoms with Gasteiger partial charge >= 0.3 is 0 Å². The van der Waals surface area contributed by atoms with Crippen LogP contribution in [0, 0.1) is 13.8 Å². The molecule has 2 rings (SSSR count). The van der Waals surface area contributed by atoms with E-state index in [2.05, 4.69) is 46.0 Å². The monoisotopic (exact) mass is 262 g/mol. The van der Waals surface area contributed by atoms with Gasteiger partial charge in [-0.2, -0.15) is 0 Å². The van der Waals surface area contributed by atoms with Crippen molar-refractivity contribution in [3.8, 4) is 0 Å². The Balaban J connectivity index is 2.03. The summed E-state index contributed by atoms with van der Waals surface area (Å²) in [5, 5.41) is 9.23. The molecule has 1 aromatic carbocycles. The molecule has 0 bridgehead atoms. The van der Waals surface area contributed by atoms with Crippen LogP contribution in [-0.2, 0) is 12.3 Å². The Morgan fingerprint density at radius 2 is 1.89 bits per heavy atom. The molecule has 0 atom stereocenters. The van der Waals surface area contributed by atoms with Gasteiger partial charge in [-0.25, -0.2) is 0 Å². The van der Waals surface area contributed by atoms with Gasteiger partial charge in [0, 0.05) is 18.8 Å². The summed E-state index contributed by atoms with van der Waals surface area (Å²) in [5.74, 6) is 1.83. The molecule has 0 spiro atoms. The Kier molecular flexibility index (Phi) is 4.38. The number of nitrogens with zero attached hydrogens (tertiary/aromatic N) is 3. The summed E-state index contributed by atoms with van der Waals surface area (Å²) in [5.41, 5.74) is 8.18. The molecule has 5 heteroatoms. The van der Waals surface area contributed by atoms with Gasteiger partial charge in [0.2, 0.25) is 0 Å². The highest BCUT2D eigenvalue weighted by Crippen LogP contribution is 2.21. The van der Waals surface area contributed by atoms with Crippen molar-refractivity contribution in [2.45, 2.75) is 31.3 Å². The first-order valence-corrected chi connectivity index (χ1v) is 6.97. The van der Waals surface area contributed by atoms with Crippen molar-refractivity contribution in [1.82, 2.24) is 14.8 Å². The number of hydrogen-bond donors (Lipinski definition) is 1. The fraction of sp³-hybridized carbons (Fsp3) is 0.385. The van der Waals surface area contributed by atoms with Crippen LogP contribution in [-0.4, -0.2) is 21.3 Å². The van der Waals surface area contributed by atoms with Gasteiger partial charge in [-0.1, -0.05) is 41.6 Å². The molecule has 0 saturated carbocycles. The molecule has 0 aliphatic heterocycles. The van der Waals surface area contributed by atoms with E-state index in [1.807, 2.05) is 6.92 Å². The van der Waals surface area contributed by atoms with Crippen molar-refractivity contribution in [3.63, 3.8) is 0 Å². The minimum Gasteiger partial charge on any atom is -0.329 e. The molecule has 2 N–H and O–H groups in total. The Labute approximate surface area is 112 Å². The average Bonchev–Trinajstić information content (AvgIpc) is 2.71. The first-order chi connectivity index (χ1) is 8.70. The van der Waals surface area contributed by atoms with E-state index in [-0.39, 0.29) is 0 Å². The number of hydrogen-bond acceptors (Lipinski definition) is 4. The highest BCUT2D eigenvalue weighted by molar-refractivity contribution is 7.98. The zero-order valence-electron chi connectivity index (χ0n) is 10.8. The molecule has 2 aromatic rings. The smallest absolute Gasteiger partial charge is 0.191 e. The molecule has 0 aliphatic rings. The molecule has 0 amide bonds. The lowest BCUT2D eigenvalue weighted by Gasteiger charge is -2.06. The summed E-state index contributed by atoms with van der Waals surface area (Å²) in [7, 11) is 0. The Morgan fingerprint density at radius 1 is 1.17 bits per heavy atom.